The van der Waals surface area contributed by atoms with Crippen LogP contribution in [0.3, 0.4) is 0 Å². The van der Waals surface area contributed by atoms with Crippen LogP contribution in [-0.2, 0) is 14.6 Å². The van der Waals surface area contributed by atoms with Crippen molar-refractivity contribution < 1.29 is 17.9 Å². The maximum Gasteiger partial charge on any atom is 0.346 e. The van der Waals surface area contributed by atoms with Crippen molar-refractivity contribution in [3.05, 3.63) is 6.33 Å². The fourth-order valence-electron chi connectivity index (χ4n) is 1.76. The Morgan fingerprint density at radius 2 is 2.05 bits per heavy atom. The van der Waals surface area contributed by atoms with Crippen molar-refractivity contribution >= 4 is 15.9 Å². The Morgan fingerprint density at radius 1 is 1.33 bits per heavy atom. The van der Waals surface area contributed by atoms with E-state index < -0.39 is 15.9 Å². The second kappa shape index (κ2) is 8.08. The number of carbonyl (C=O) groups is 1. The van der Waals surface area contributed by atoms with Crippen LogP contribution in [0.4, 0.5) is 4.79 Å². The summed E-state index contributed by atoms with van der Waals surface area (Å²) >= 11 is 0. The summed E-state index contributed by atoms with van der Waals surface area (Å²) in [5.41, 5.74) is 0. The Hall–Kier alpha value is -1.48. The molecule has 1 heterocycles. The first-order valence-electron chi connectivity index (χ1n) is 6.88. The van der Waals surface area contributed by atoms with Gasteiger partial charge in [-0.2, -0.15) is 4.68 Å². The third-order valence-electron chi connectivity index (χ3n) is 2.75. The summed E-state index contributed by atoms with van der Waals surface area (Å²) in [7, 11) is -1.96. The molecule has 8 nitrogen and oxygen atoms in total. The van der Waals surface area contributed by atoms with E-state index in [9.17, 15) is 13.2 Å². The molecule has 0 saturated carbocycles. The Bertz CT molecular complexity index is 555. The Labute approximate surface area is 125 Å². The van der Waals surface area contributed by atoms with E-state index in [1.807, 2.05) is 6.92 Å². The molecule has 21 heavy (non-hydrogen) atoms. The first kappa shape index (κ1) is 17.6. The molecule has 0 saturated heterocycles. The smallest absolute Gasteiger partial charge is 0.346 e. The molecule has 0 radical (unpaired) electrons. The van der Waals surface area contributed by atoms with Gasteiger partial charge in [0.25, 0.3) is 5.16 Å². The van der Waals surface area contributed by atoms with Crippen molar-refractivity contribution in [1.29, 1.82) is 0 Å². The first-order valence-corrected chi connectivity index (χ1v) is 8.54. The maximum atomic E-state index is 12.3. The van der Waals surface area contributed by atoms with Gasteiger partial charge in [-0.3, -0.25) is 0 Å². The number of nitrogens with zero attached hydrogens (tertiary/aromatic N) is 4. The van der Waals surface area contributed by atoms with Crippen LogP contribution in [0.15, 0.2) is 11.5 Å². The molecular formula is C12H22N4O4S. The summed E-state index contributed by atoms with van der Waals surface area (Å²) in [5.74, 6) is -0.0342. The van der Waals surface area contributed by atoms with Crippen LogP contribution in [0.1, 0.15) is 26.7 Å². The number of carbonyl (C=O) groups excluding carboxylic acids is 1. The van der Waals surface area contributed by atoms with E-state index in [-0.39, 0.29) is 10.9 Å². The van der Waals surface area contributed by atoms with E-state index >= 15 is 0 Å². The van der Waals surface area contributed by atoms with Crippen LogP contribution in [-0.4, -0.2) is 66.7 Å². The molecule has 0 aliphatic rings. The lowest BCUT2D eigenvalue weighted by Crippen LogP contribution is -2.38. The molecule has 1 rings (SSSR count). The SMILES string of the molecule is CCCN(CCOC)C(=O)n1cnc(S(=O)(=O)CCC)n1. The third kappa shape index (κ3) is 4.78. The van der Waals surface area contributed by atoms with Crippen molar-refractivity contribution in [3.8, 4) is 0 Å². The molecular weight excluding hydrogens is 296 g/mol. The molecule has 1 aromatic rings. The van der Waals surface area contributed by atoms with Crippen molar-refractivity contribution in [3.63, 3.8) is 0 Å². The van der Waals surface area contributed by atoms with Gasteiger partial charge in [0.2, 0.25) is 9.84 Å². The molecule has 0 N–H and O–H groups in total. The lowest BCUT2D eigenvalue weighted by atomic mass is 10.4. The van der Waals surface area contributed by atoms with Gasteiger partial charge in [-0.05, 0) is 12.8 Å². The quantitative estimate of drug-likeness (QED) is 0.703. The van der Waals surface area contributed by atoms with E-state index in [4.69, 9.17) is 4.74 Å². The average molecular weight is 318 g/mol. The summed E-state index contributed by atoms with van der Waals surface area (Å²) in [6, 6.07) is -0.403. The Morgan fingerprint density at radius 3 is 2.62 bits per heavy atom. The molecule has 1 amide bonds. The topological polar surface area (TPSA) is 94.4 Å². The van der Waals surface area contributed by atoms with Gasteiger partial charge in [0.1, 0.15) is 6.33 Å². The highest BCUT2D eigenvalue weighted by atomic mass is 32.2. The minimum atomic E-state index is -3.52. The van der Waals surface area contributed by atoms with E-state index in [0.717, 1.165) is 17.4 Å². The third-order valence-corrected chi connectivity index (χ3v) is 4.44. The number of methoxy groups -OCH3 is 1. The molecule has 0 aliphatic heterocycles. The van der Waals surface area contributed by atoms with Crippen molar-refractivity contribution in [2.75, 3.05) is 32.6 Å². The summed E-state index contributed by atoms with van der Waals surface area (Å²) in [5, 5.41) is 3.49. The zero-order chi connectivity index (χ0) is 15.9. The van der Waals surface area contributed by atoms with Crippen LogP contribution in [0.25, 0.3) is 0 Å². The molecule has 0 atom stereocenters. The number of hydrogen-bond donors (Lipinski definition) is 0. The van der Waals surface area contributed by atoms with Gasteiger partial charge >= 0.3 is 6.03 Å². The Balaban J connectivity index is 2.89. The van der Waals surface area contributed by atoms with Gasteiger partial charge in [-0.15, -0.1) is 5.10 Å². The summed E-state index contributed by atoms with van der Waals surface area (Å²) < 4.78 is 29.6. The number of sulfone groups is 1. The van der Waals surface area contributed by atoms with Crippen LogP contribution < -0.4 is 0 Å². The van der Waals surface area contributed by atoms with Gasteiger partial charge in [0.15, 0.2) is 0 Å². The van der Waals surface area contributed by atoms with Gasteiger partial charge in [0.05, 0.1) is 12.4 Å². The zero-order valence-electron chi connectivity index (χ0n) is 12.7. The monoisotopic (exact) mass is 318 g/mol. The van der Waals surface area contributed by atoms with Gasteiger partial charge in [-0.25, -0.2) is 18.2 Å². The predicted octanol–water partition coefficient (Wildman–Crippen LogP) is 0.788. The van der Waals surface area contributed by atoms with Crippen LogP contribution in [0.2, 0.25) is 0 Å². The predicted molar refractivity (Wildman–Crippen MR) is 76.9 cm³/mol. The minimum absolute atomic E-state index is 0.0342. The number of ether oxygens (including phenoxy) is 1. The molecule has 0 aromatic carbocycles. The zero-order valence-corrected chi connectivity index (χ0v) is 13.5. The van der Waals surface area contributed by atoms with Crippen LogP contribution in [0.5, 0.6) is 0 Å². The second-order valence-electron chi connectivity index (χ2n) is 4.55. The number of hydrogen-bond acceptors (Lipinski definition) is 6. The number of aromatic nitrogens is 3. The molecule has 0 fully saturated rings. The average Bonchev–Trinajstić information content (AvgIpc) is 2.93. The molecule has 1 aromatic heterocycles. The van der Waals surface area contributed by atoms with Gasteiger partial charge < -0.3 is 9.64 Å². The lowest BCUT2D eigenvalue weighted by Gasteiger charge is -2.20. The lowest BCUT2D eigenvalue weighted by molar-refractivity contribution is 0.148. The van der Waals surface area contributed by atoms with Crippen molar-refractivity contribution in [2.45, 2.75) is 31.8 Å². The first-order chi connectivity index (χ1) is 9.96. The summed E-state index contributed by atoms with van der Waals surface area (Å²) in [6.45, 7) is 5.07. The van der Waals surface area contributed by atoms with Crippen LogP contribution >= 0.6 is 0 Å². The number of amides is 1. The normalized spacial score (nSPS) is 11.6. The van der Waals surface area contributed by atoms with E-state index in [0.29, 0.717) is 26.1 Å². The fourth-order valence-corrected chi connectivity index (χ4v) is 2.90. The van der Waals surface area contributed by atoms with Crippen molar-refractivity contribution in [1.82, 2.24) is 19.7 Å². The molecule has 120 valence electrons. The van der Waals surface area contributed by atoms with E-state index in [2.05, 4.69) is 10.1 Å². The molecule has 0 unspecified atom stereocenters. The molecule has 0 spiro atoms. The summed E-state index contributed by atoms with van der Waals surface area (Å²) in [4.78, 5) is 17.6. The second-order valence-corrected chi connectivity index (χ2v) is 6.56. The molecule has 0 bridgehead atoms. The highest BCUT2D eigenvalue weighted by Gasteiger charge is 2.22. The fraction of sp³-hybridized carbons (Fsp3) is 0.750. The summed E-state index contributed by atoms with van der Waals surface area (Å²) in [6.07, 6.45) is 2.39. The van der Waals surface area contributed by atoms with E-state index in [1.165, 1.54) is 0 Å². The Kier molecular flexibility index (Phi) is 6.76. The minimum Gasteiger partial charge on any atom is -0.383 e. The van der Waals surface area contributed by atoms with Crippen molar-refractivity contribution in [2.24, 2.45) is 0 Å². The highest BCUT2D eigenvalue weighted by Crippen LogP contribution is 2.06. The molecule has 0 aliphatic carbocycles. The molecule has 9 heteroatoms. The maximum absolute atomic E-state index is 12.3. The van der Waals surface area contributed by atoms with Crippen LogP contribution in [0, 0.1) is 0 Å². The largest absolute Gasteiger partial charge is 0.383 e. The van der Waals surface area contributed by atoms with Gasteiger partial charge in [0, 0.05) is 20.2 Å². The standard InChI is InChI=1S/C12H22N4O4S/c1-4-6-15(7-8-20-3)12(17)16-10-13-11(14-16)21(18,19)9-5-2/h10H,4-9H2,1-3H3. The number of rotatable bonds is 8. The van der Waals surface area contributed by atoms with Gasteiger partial charge in [-0.1, -0.05) is 13.8 Å². The highest BCUT2D eigenvalue weighted by molar-refractivity contribution is 7.91. The van der Waals surface area contributed by atoms with E-state index in [1.54, 1.807) is 18.9 Å².